The van der Waals surface area contributed by atoms with E-state index in [1.165, 1.54) is 13.2 Å². The number of piperazine rings is 1. The molecule has 0 radical (unpaired) electrons. The van der Waals surface area contributed by atoms with Gasteiger partial charge in [-0.3, -0.25) is 4.79 Å². The monoisotopic (exact) mass is 490 g/mol. The van der Waals surface area contributed by atoms with E-state index in [-0.39, 0.29) is 42.4 Å². The van der Waals surface area contributed by atoms with Crippen LogP contribution in [-0.4, -0.2) is 66.0 Å². The summed E-state index contributed by atoms with van der Waals surface area (Å²) in [6, 6.07) is 6.15. The molecule has 11 heteroatoms. The molecule has 4 rings (SSSR count). The van der Waals surface area contributed by atoms with Crippen molar-refractivity contribution < 1.29 is 32.3 Å². The smallest absolute Gasteiger partial charge is 0.337 e. The van der Waals surface area contributed by atoms with Crippen LogP contribution in [0.3, 0.4) is 0 Å². The van der Waals surface area contributed by atoms with Crippen LogP contribution in [-0.2, 0) is 16.0 Å². The van der Waals surface area contributed by atoms with E-state index in [9.17, 15) is 27.6 Å². The van der Waals surface area contributed by atoms with E-state index < -0.39 is 29.5 Å². The van der Waals surface area contributed by atoms with Gasteiger partial charge in [0, 0.05) is 37.3 Å². The van der Waals surface area contributed by atoms with Crippen LogP contribution in [0.2, 0.25) is 0 Å². The van der Waals surface area contributed by atoms with Gasteiger partial charge in [0.25, 0.3) is 0 Å². The Kier molecular flexibility index (Phi) is 6.97. The molecule has 2 aromatic rings. The number of rotatable bonds is 6. The second-order valence-corrected chi connectivity index (χ2v) is 8.77. The number of anilines is 1. The van der Waals surface area contributed by atoms with Crippen LogP contribution in [0.5, 0.6) is 0 Å². The summed E-state index contributed by atoms with van der Waals surface area (Å²) in [5, 5.41) is 2.77. The van der Waals surface area contributed by atoms with Crippen LogP contribution in [0.25, 0.3) is 0 Å². The minimum atomic E-state index is -1.28. The van der Waals surface area contributed by atoms with Gasteiger partial charge in [0.2, 0.25) is 5.91 Å². The number of nitrogens with two attached hydrogens (primary N) is 1. The Bertz CT molecular complexity index is 1160. The van der Waals surface area contributed by atoms with E-state index in [1.807, 2.05) is 0 Å². The lowest BCUT2D eigenvalue weighted by Crippen LogP contribution is -2.52. The van der Waals surface area contributed by atoms with Crippen LogP contribution >= 0.6 is 0 Å². The van der Waals surface area contributed by atoms with Gasteiger partial charge >= 0.3 is 12.0 Å². The van der Waals surface area contributed by atoms with Crippen LogP contribution in [0, 0.1) is 17.5 Å². The number of likely N-dealkylation sites (tertiary alicyclic amines) is 2. The number of benzene rings is 2. The van der Waals surface area contributed by atoms with E-state index >= 15 is 0 Å². The predicted octanol–water partition coefficient (Wildman–Crippen LogP) is 2.67. The number of urea groups is 1. The molecule has 35 heavy (non-hydrogen) atoms. The Morgan fingerprint density at radius 1 is 1.06 bits per heavy atom. The summed E-state index contributed by atoms with van der Waals surface area (Å²) in [7, 11) is 1.27. The maximum Gasteiger partial charge on any atom is 0.337 e. The van der Waals surface area contributed by atoms with E-state index in [1.54, 1.807) is 28.0 Å². The van der Waals surface area contributed by atoms with Crippen LogP contribution in [0.1, 0.15) is 28.8 Å². The van der Waals surface area contributed by atoms with Crippen molar-refractivity contribution in [2.45, 2.75) is 37.4 Å². The number of methoxy groups -OCH3 is 1. The first-order valence-electron chi connectivity index (χ1n) is 11.1. The molecule has 186 valence electrons. The summed E-state index contributed by atoms with van der Waals surface area (Å²) in [6.07, 6.45) is 0.415. The fourth-order valence-corrected chi connectivity index (χ4v) is 4.67. The predicted molar refractivity (Wildman–Crippen MR) is 120 cm³/mol. The number of amides is 3. The number of nitrogens with one attached hydrogen (secondary N) is 1. The minimum Gasteiger partial charge on any atom is -0.465 e. The molecule has 2 heterocycles. The second kappa shape index (κ2) is 9.95. The maximum absolute atomic E-state index is 13.9. The number of carbonyl (C=O) groups excluding carboxylic acids is 3. The molecule has 2 aromatic carbocycles. The molecule has 0 aromatic heterocycles. The number of hydrogen-bond donors (Lipinski definition) is 2. The number of halogens is 3. The fourth-order valence-electron chi connectivity index (χ4n) is 4.67. The van der Waals surface area contributed by atoms with Gasteiger partial charge in [-0.2, -0.15) is 0 Å². The lowest BCUT2D eigenvalue weighted by Gasteiger charge is -2.34. The first-order valence-corrected chi connectivity index (χ1v) is 11.1. The average Bonchev–Trinajstić information content (AvgIpc) is 3.43. The third-order valence-corrected chi connectivity index (χ3v) is 6.36. The molecule has 0 saturated carbocycles. The molecule has 2 aliphatic rings. The summed E-state index contributed by atoms with van der Waals surface area (Å²) < 4.78 is 45.1. The van der Waals surface area contributed by atoms with Crippen LogP contribution in [0.15, 0.2) is 36.4 Å². The zero-order chi connectivity index (χ0) is 25.3. The van der Waals surface area contributed by atoms with Crippen molar-refractivity contribution in [3.8, 4) is 0 Å². The lowest BCUT2D eigenvalue weighted by molar-refractivity contribution is -0.133. The molecule has 8 nitrogen and oxygen atoms in total. The number of esters is 1. The molecule has 0 aliphatic carbocycles. The molecule has 0 spiro atoms. The molecule has 2 saturated heterocycles. The summed E-state index contributed by atoms with van der Waals surface area (Å²) in [5.41, 5.74) is 6.66. The van der Waals surface area contributed by atoms with Gasteiger partial charge in [-0.05, 0) is 42.7 Å². The molecule has 3 N–H and O–H groups in total. The number of nitrogens with zero attached hydrogens (tertiary/aromatic N) is 2. The highest BCUT2D eigenvalue weighted by Gasteiger charge is 2.47. The van der Waals surface area contributed by atoms with Crippen molar-refractivity contribution in [2.75, 3.05) is 25.5 Å². The van der Waals surface area contributed by atoms with Crippen LogP contribution < -0.4 is 11.1 Å². The van der Waals surface area contributed by atoms with Crippen molar-refractivity contribution in [2.24, 2.45) is 5.73 Å². The largest absolute Gasteiger partial charge is 0.465 e. The quantitative estimate of drug-likeness (QED) is 0.479. The lowest BCUT2D eigenvalue weighted by atomic mass is 10.0. The van der Waals surface area contributed by atoms with Crippen LogP contribution in [0.4, 0.5) is 23.7 Å². The molecule has 3 atom stereocenters. The minimum absolute atomic E-state index is 0.0891. The average molecular weight is 490 g/mol. The van der Waals surface area contributed by atoms with E-state index in [0.29, 0.717) is 36.8 Å². The van der Waals surface area contributed by atoms with Gasteiger partial charge in [-0.1, -0.05) is 6.07 Å². The molecule has 2 bridgehead atoms. The van der Waals surface area contributed by atoms with Gasteiger partial charge in [-0.15, -0.1) is 0 Å². The SMILES string of the molecule is COC(=O)c1cccc(NC(=O)N2C[C@H]3C[C@@H]2CN3C(=O)C[C@H](N)Cc2cc(F)c(F)cc2F)c1. The zero-order valence-corrected chi connectivity index (χ0v) is 19.0. The van der Waals surface area contributed by atoms with Gasteiger partial charge < -0.3 is 25.6 Å². The number of carbonyl (C=O) groups is 3. The Morgan fingerprint density at radius 3 is 2.43 bits per heavy atom. The topological polar surface area (TPSA) is 105 Å². The Balaban J connectivity index is 1.31. The molecule has 2 aliphatic heterocycles. The zero-order valence-electron chi connectivity index (χ0n) is 19.0. The third kappa shape index (κ3) is 5.24. The van der Waals surface area contributed by atoms with Crippen molar-refractivity contribution >= 4 is 23.6 Å². The highest BCUT2D eigenvalue weighted by atomic mass is 19.2. The normalized spacial score (nSPS) is 19.6. The third-order valence-electron chi connectivity index (χ3n) is 6.36. The van der Waals surface area contributed by atoms with Gasteiger partial charge in [0.05, 0.1) is 24.8 Å². The fraction of sp³-hybridized carbons (Fsp3) is 0.375. The molecular weight excluding hydrogens is 465 g/mol. The van der Waals surface area contributed by atoms with Crippen molar-refractivity contribution in [1.82, 2.24) is 9.80 Å². The van der Waals surface area contributed by atoms with Crippen molar-refractivity contribution in [3.05, 3.63) is 65.0 Å². The molecular formula is C24H25F3N4O4. The highest BCUT2D eigenvalue weighted by Crippen LogP contribution is 2.32. The van der Waals surface area contributed by atoms with Gasteiger partial charge in [0.1, 0.15) is 5.82 Å². The number of hydrogen-bond acceptors (Lipinski definition) is 5. The second-order valence-electron chi connectivity index (χ2n) is 8.77. The van der Waals surface area contributed by atoms with E-state index in [0.717, 1.165) is 6.07 Å². The standard InChI is InChI=1S/C24H25F3N4O4/c1-35-23(33)13-3-2-4-16(6-13)29-24(34)31-12-17-9-18(31)11-30(17)22(32)8-15(28)5-14-7-20(26)21(27)10-19(14)25/h2-4,6-7,10,15,17-18H,5,8-9,11-12,28H2,1H3,(H,29,34)/t15-,17-,18-/m1/s1. The highest BCUT2D eigenvalue weighted by molar-refractivity contribution is 5.94. The Morgan fingerprint density at radius 2 is 1.74 bits per heavy atom. The van der Waals surface area contributed by atoms with E-state index in [4.69, 9.17) is 5.73 Å². The van der Waals surface area contributed by atoms with Crippen molar-refractivity contribution in [3.63, 3.8) is 0 Å². The molecule has 3 amide bonds. The first kappa shape index (κ1) is 24.5. The maximum atomic E-state index is 13.9. The Labute approximate surface area is 199 Å². The molecule has 0 unspecified atom stereocenters. The number of fused-ring (bicyclic) bond motifs is 2. The van der Waals surface area contributed by atoms with Crippen molar-refractivity contribution in [1.29, 1.82) is 0 Å². The molecule has 2 fully saturated rings. The van der Waals surface area contributed by atoms with Gasteiger partial charge in [0.15, 0.2) is 11.6 Å². The van der Waals surface area contributed by atoms with Gasteiger partial charge in [-0.25, -0.2) is 22.8 Å². The number of ether oxygens (including phenoxy) is 1. The summed E-state index contributed by atoms with van der Waals surface area (Å²) in [6.45, 7) is 0.678. The van der Waals surface area contributed by atoms with E-state index in [2.05, 4.69) is 10.1 Å². The first-order chi connectivity index (χ1) is 16.7. The Hall–Kier alpha value is -3.60. The summed E-state index contributed by atoms with van der Waals surface area (Å²) >= 11 is 0. The summed E-state index contributed by atoms with van der Waals surface area (Å²) in [4.78, 5) is 40.6. The summed E-state index contributed by atoms with van der Waals surface area (Å²) in [5.74, 6) is -4.12.